The fourth-order valence-corrected chi connectivity index (χ4v) is 1.10. The summed E-state index contributed by atoms with van der Waals surface area (Å²) in [5.74, 6) is -0.701. The molecule has 1 aromatic rings. The molecular formula is C9H11N3O4. The first-order valence-electron chi connectivity index (χ1n) is 4.50. The monoisotopic (exact) mass is 225 g/mol. The normalized spacial score (nSPS) is 9.75. The van der Waals surface area contributed by atoms with Crippen molar-refractivity contribution in [1.82, 2.24) is 0 Å². The van der Waals surface area contributed by atoms with Crippen LogP contribution in [0.3, 0.4) is 0 Å². The average molecular weight is 225 g/mol. The number of nitro benzene ring substituents is 1. The van der Waals surface area contributed by atoms with E-state index in [1.807, 2.05) is 0 Å². The van der Waals surface area contributed by atoms with Crippen LogP contribution in [0.5, 0.6) is 5.75 Å². The fraction of sp³-hybridized carbons (Fsp3) is 0.222. The summed E-state index contributed by atoms with van der Waals surface area (Å²) in [4.78, 5) is 20.2. The predicted molar refractivity (Wildman–Crippen MR) is 57.1 cm³/mol. The van der Waals surface area contributed by atoms with Crippen molar-refractivity contribution in [2.24, 2.45) is 5.73 Å². The second kappa shape index (κ2) is 4.96. The van der Waals surface area contributed by atoms with Gasteiger partial charge in [0, 0.05) is 19.0 Å². The van der Waals surface area contributed by atoms with Crippen LogP contribution >= 0.6 is 0 Å². The van der Waals surface area contributed by atoms with E-state index in [0.29, 0.717) is 5.69 Å². The summed E-state index contributed by atoms with van der Waals surface area (Å²) in [6.07, 6.45) is 0.121. The highest BCUT2D eigenvalue weighted by molar-refractivity contribution is 5.74. The Morgan fingerprint density at radius 2 is 2.25 bits per heavy atom. The number of anilines is 1. The number of carbonyl (C=O) groups excluding carboxylic acids is 1. The second-order valence-corrected chi connectivity index (χ2v) is 3.10. The maximum absolute atomic E-state index is 10.4. The zero-order valence-corrected chi connectivity index (χ0v) is 8.34. The van der Waals surface area contributed by atoms with E-state index >= 15 is 0 Å². The number of non-ortho nitro benzene ring substituents is 1. The summed E-state index contributed by atoms with van der Waals surface area (Å²) < 4.78 is 0. The molecule has 1 rings (SSSR count). The molecule has 0 aliphatic rings. The van der Waals surface area contributed by atoms with Gasteiger partial charge in [0.25, 0.3) is 5.69 Å². The van der Waals surface area contributed by atoms with Crippen molar-refractivity contribution in [3.63, 3.8) is 0 Å². The van der Waals surface area contributed by atoms with Crippen LogP contribution in [0.2, 0.25) is 0 Å². The Hall–Kier alpha value is -2.31. The first-order valence-corrected chi connectivity index (χ1v) is 4.50. The van der Waals surface area contributed by atoms with Crippen LogP contribution in [-0.4, -0.2) is 22.5 Å². The van der Waals surface area contributed by atoms with Crippen molar-refractivity contribution in [2.45, 2.75) is 6.42 Å². The molecule has 0 bridgehead atoms. The summed E-state index contributed by atoms with van der Waals surface area (Å²) in [7, 11) is 0. The average Bonchev–Trinajstić information content (AvgIpc) is 2.19. The molecular weight excluding hydrogens is 214 g/mol. The predicted octanol–water partition coefficient (Wildman–Crippen LogP) is 0.588. The summed E-state index contributed by atoms with van der Waals surface area (Å²) in [5, 5.41) is 22.5. The summed E-state index contributed by atoms with van der Waals surface area (Å²) in [5.41, 5.74) is 5.06. The van der Waals surface area contributed by atoms with Crippen molar-refractivity contribution >= 4 is 17.3 Å². The molecule has 0 aliphatic heterocycles. The molecule has 0 unspecified atom stereocenters. The van der Waals surface area contributed by atoms with Crippen LogP contribution in [0.4, 0.5) is 11.4 Å². The van der Waals surface area contributed by atoms with Gasteiger partial charge in [-0.2, -0.15) is 0 Å². The molecule has 0 heterocycles. The van der Waals surface area contributed by atoms with Crippen LogP contribution in [0.1, 0.15) is 6.42 Å². The van der Waals surface area contributed by atoms with Crippen molar-refractivity contribution in [3.8, 4) is 5.75 Å². The maximum Gasteiger partial charge on any atom is 0.273 e. The van der Waals surface area contributed by atoms with Crippen molar-refractivity contribution in [2.75, 3.05) is 11.9 Å². The summed E-state index contributed by atoms with van der Waals surface area (Å²) in [6.45, 7) is 0.265. The molecule has 7 nitrogen and oxygen atoms in total. The molecule has 1 amide bonds. The number of phenols is 1. The molecule has 0 atom stereocenters. The Morgan fingerprint density at radius 1 is 1.56 bits per heavy atom. The number of nitrogens with two attached hydrogens (primary N) is 1. The van der Waals surface area contributed by atoms with Crippen LogP contribution in [0, 0.1) is 10.1 Å². The number of rotatable bonds is 5. The van der Waals surface area contributed by atoms with E-state index in [1.165, 1.54) is 12.1 Å². The molecule has 86 valence electrons. The largest absolute Gasteiger partial charge is 0.506 e. The number of amides is 1. The minimum absolute atomic E-state index is 0.121. The van der Waals surface area contributed by atoms with E-state index < -0.39 is 10.8 Å². The highest BCUT2D eigenvalue weighted by atomic mass is 16.6. The molecule has 16 heavy (non-hydrogen) atoms. The van der Waals surface area contributed by atoms with Gasteiger partial charge < -0.3 is 16.2 Å². The minimum Gasteiger partial charge on any atom is -0.506 e. The van der Waals surface area contributed by atoms with Crippen molar-refractivity contribution in [1.29, 1.82) is 0 Å². The molecule has 0 aromatic heterocycles. The van der Waals surface area contributed by atoms with E-state index in [-0.39, 0.29) is 24.4 Å². The molecule has 7 heteroatoms. The van der Waals surface area contributed by atoms with Gasteiger partial charge in [0.05, 0.1) is 16.7 Å². The third-order valence-electron chi connectivity index (χ3n) is 1.88. The second-order valence-electron chi connectivity index (χ2n) is 3.10. The van der Waals surface area contributed by atoms with Crippen molar-refractivity contribution in [3.05, 3.63) is 28.3 Å². The van der Waals surface area contributed by atoms with E-state index in [9.17, 15) is 20.0 Å². The standard InChI is InChI=1S/C9H11N3O4/c10-9(14)3-4-11-7-2-1-6(12(15)16)5-8(7)13/h1-2,5,11,13H,3-4H2,(H2,10,14). The van der Waals surface area contributed by atoms with Gasteiger partial charge in [-0.1, -0.05) is 0 Å². The fourth-order valence-electron chi connectivity index (χ4n) is 1.10. The number of hydrogen-bond donors (Lipinski definition) is 3. The number of nitro groups is 1. The smallest absolute Gasteiger partial charge is 0.273 e. The van der Waals surface area contributed by atoms with Crippen LogP contribution in [0.25, 0.3) is 0 Å². The lowest BCUT2D eigenvalue weighted by Crippen LogP contribution is -2.15. The lowest BCUT2D eigenvalue weighted by molar-refractivity contribution is -0.384. The number of carbonyl (C=O) groups is 1. The minimum atomic E-state index is -0.604. The Bertz CT molecular complexity index is 419. The summed E-state index contributed by atoms with van der Waals surface area (Å²) in [6, 6.07) is 3.66. The van der Waals surface area contributed by atoms with Crippen LogP contribution in [-0.2, 0) is 4.79 Å². The number of aromatic hydroxyl groups is 1. The van der Waals surface area contributed by atoms with Crippen LogP contribution in [0.15, 0.2) is 18.2 Å². The van der Waals surface area contributed by atoms with Gasteiger partial charge >= 0.3 is 0 Å². The lowest BCUT2D eigenvalue weighted by Gasteiger charge is -2.06. The first-order chi connectivity index (χ1) is 7.50. The zero-order chi connectivity index (χ0) is 12.1. The van der Waals surface area contributed by atoms with Gasteiger partial charge in [0.1, 0.15) is 5.75 Å². The Kier molecular flexibility index (Phi) is 3.65. The van der Waals surface area contributed by atoms with Crippen molar-refractivity contribution < 1.29 is 14.8 Å². The van der Waals surface area contributed by atoms with Gasteiger partial charge in [0.2, 0.25) is 5.91 Å². The summed E-state index contributed by atoms with van der Waals surface area (Å²) >= 11 is 0. The molecule has 0 saturated carbocycles. The molecule has 1 aromatic carbocycles. The number of phenolic OH excluding ortho intramolecular Hbond substituents is 1. The molecule has 0 radical (unpaired) electrons. The molecule has 0 aliphatic carbocycles. The number of primary amides is 1. The van der Waals surface area contributed by atoms with Gasteiger partial charge in [-0.05, 0) is 6.07 Å². The van der Waals surface area contributed by atoms with E-state index in [2.05, 4.69) is 5.32 Å². The van der Waals surface area contributed by atoms with Gasteiger partial charge in [-0.15, -0.1) is 0 Å². The van der Waals surface area contributed by atoms with Gasteiger partial charge in [0.15, 0.2) is 0 Å². The number of nitrogens with zero attached hydrogens (tertiary/aromatic N) is 1. The van der Waals surface area contributed by atoms with E-state index in [0.717, 1.165) is 6.07 Å². The highest BCUT2D eigenvalue weighted by Gasteiger charge is 2.09. The quantitative estimate of drug-likeness (QED) is 0.385. The Balaban J connectivity index is 2.68. The lowest BCUT2D eigenvalue weighted by atomic mass is 10.2. The zero-order valence-electron chi connectivity index (χ0n) is 8.34. The maximum atomic E-state index is 10.4. The van der Waals surface area contributed by atoms with Crippen LogP contribution < -0.4 is 11.1 Å². The number of nitrogens with one attached hydrogen (secondary N) is 1. The highest BCUT2D eigenvalue weighted by Crippen LogP contribution is 2.27. The van der Waals surface area contributed by atoms with Gasteiger partial charge in [-0.3, -0.25) is 14.9 Å². The molecule has 4 N–H and O–H groups in total. The Morgan fingerprint density at radius 3 is 2.75 bits per heavy atom. The molecule has 0 saturated heterocycles. The Labute approximate surface area is 91.0 Å². The molecule has 0 spiro atoms. The van der Waals surface area contributed by atoms with Gasteiger partial charge in [-0.25, -0.2) is 0 Å². The first kappa shape index (κ1) is 11.8. The third kappa shape index (κ3) is 3.12. The number of hydrogen-bond acceptors (Lipinski definition) is 5. The van der Waals surface area contributed by atoms with E-state index in [1.54, 1.807) is 0 Å². The molecule has 0 fully saturated rings. The third-order valence-corrected chi connectivity index (χ3v) is 1.88. The number of benzene rings is 1. The van der Waals surface area contributed by atoms with E-state index in [4.69, 9.17) is 5.73 Å². The SMILES string of the molecule is NC(=O)CCNc1ccc([N+](=O)[O-])cc1O. The topological polar surface area (TPSA) is 118 Å².